The standard InChI is InChI=1S/C5H8O2/c1-3-5(6-2)4-7-5/h3H,1,4H2,2H3. The highest BCUT2D eigenvalue weighted by molar-refractivity contribution is 4.98. The van der Waals surface area contributed by atoms with Crippen molar-refractivity contribution in [2.45, 2.75) is 5.79 Å². The molecule has 40 valence electrons. The Morgan fingerprint density at radius 3 is 2.57 bits per heavy atom. The molecule has 0 aromatic rings. The van der Waals surface area contributed by atoms with Crippen LogP contribution < -0.4 is 0 Å². The van der Waals surface area contributed by atoms with E-state index < -0.39 is 5.79 Å². The van der Waals surface area contributed by atoms with E-state index in [-0.39, 0.29) is 0 Å². The molecule has 0 N–H and O–H groups in total. The Balaban J connectivity index is 2.42. The molecule has 0 amide bonds. The Labute approximate surface area is 42.7 Å². The number of ether oxygens (including phenoxy) is 2. The maximum atomic E-state index is 4.86. The van der Waals surface area contributed by atoms with Gasteiger partial charge in [0.2, 0.25) is 5.79 Å². The number of epoxide rings is 1. The van der Waals surface area contributed by atoms with Crippen molar-refractivity contribution < 1.29 is 9.47 Å². The van der Waals surface area contributed by atoms with Crippen LogP contribution in [0.4, 0.5) is 0 Å². The highest BCUT2D eigenvalue weighted by atomic mass is 16.8. The lowest BCUT2D eigenvalue weighted by Crippen LogP contribution is -2.07. The fourth-order valence-corrected chi connectivity index (χ4v) is 0.390. The van der Waals surface area contributed by atoms with Gasteiger partial charge in [0.15, 0.2) is 0 Å². The molecule has 0 spiro atoms. The maximum absolute atomic E-state index is 4.86. The van der Waals surface area contributed by atoms with Crippen LogP contribution in [-0.4, -0.2) is 19.5 Å². The first-order valence-corrected chi connectivity index (χ1v) is 2.16. The van der Waals surface area contributed by atoms with Crippen molar-refractivity contribution in [2.75, 3.05) is 13.7 Å². The van der Waals surface area contributed by atoms with Gasteiger partial charge in [-0.2, -0.15) is 0 Å². The Morgan fingerprint density at radius 1 is 2.00 bits per heavy atom. The van der Waals surface area contributed by atoms with Crippen molar-refractivity contribution in [3.05, 3.63) is 12.7 Å². The van der Waals surface area contributed by atoms with Gasteiger partial charge < -0.3 is 9.47 Å². The average molecular weight is 100 g/mol. The van der Waals surface area contributed by atoms with E-state index in [1.54, 1.807) is 13.2 Å². The molecule has 0 aliphatic carbocycles. The van der Waals surface area contributed by atoms with Crippen LogP contribution in [0, 0.1) is 0 Å². The van der Waals surface area contributed by atoms with Gasteiger partial charge in [0.1, 0.15) is 6.61 Å². The minimum atomic E-state index is -0.403. The van der Waals surface area contributed by atoms with E-state index in [1.807, 2.05) is 0 Å². The first-order valence-electron chi connectivity index (χ1n) is 2.16. The predicted octanol–water partition coefficient (Wildman–Crippen LogP) is 0.545. The van der Waals surface area contributed by atoms with Crippen LogP contribution in [0.25, 0.3) is 0 Å². The zero-order chi connectivity index (χ0) is 5.33. The largest absolute Gasteiger partial charge is 0.348 e. The van der Waals surface area contributed by atoms with Gasteiger partial charge in [-0.3, -0.25) is 0 Å². The van der Waals surface area contributed by atoms with Crippen molar-refractivity contribution in [1.29, 1.82) is 0 Å². The zero-order valence-corrected chi connectivity index (χ0v) is 4.31. The van der Waals surface area contributed by atoms with Crippen LogP contribution in [0.15, 0.2) is 12.7 Å². The summed E-state index contributed by atoms with van der Waals surface area (Å²) in [6.07, 6.45) is 1.66. The van der Waals surface area contributed by atoms with E-state index in [2.05, 4.69) is 6.58 Å². The predicted molar refractivity (Wildman–Crippen MR) is 25.9 cm³/mol. The third-order valence-corrected chi connectivity index (χ3v) is 1.09. The van der Waals surface area contributed by atoms with Gasteiger partial charge in [0.25, 0.3) is 0 Å². The monoisotopic (exact) mass is 100 g/mol. The minimum absolute atomic E-state index is 0.403. The molecule has 1 saturated heterocycles. The Kier molecular flexibility index (Phi) is 0.905. The summed E-state index contributed by atoms with van der Waals surface area (Å²) in [4.78, 5) is 0. The summed E-state index contributed by atoms with van der Waals surface area (Å²) in [6, 6.07) is 0. The summed E-state index contributed by atoms with van der Waals surface area (Å²) >= 11 is 0. The quantitative estimate of drug-likeness (QED) is 0.373. The average Bonchev–Trinajstić information content (AvgIpc) is 2.46. The lowest BCUT2D eigenvalue weighted by Gasteiger charge is -1.98. The second-order valence-corrected chi connectivity index (χ2v) is 1.51. The van der Waals surface area contributed by atoms with Crippen LogP contribution in [0.2, 0.25) is 0 Å². The van der Waals surface area contributed by atoms with Crippen molar-refractivity contribution in [2.24, 2.45) is 0 Å². The molecule has 2 heteroatoms. The molecule has 1 fully saturated rings. The first-order chi connectivity index (χ1) is 3.33. The molecule has 1 aliphatic heterocycles. The normalized spacial score (nSPS) is 37.9. The summed E-state index contributed by atoms with van der Waals surface area (Å²) in [5.41, 5.74) is 0. The third kappa shape index (κ3) is 0.667. The van der Waals surface area contributed by atoms with Crippen LogP contribution >= 0.6 is 0 Å². The van der Waals surface area contributed by atoms with Crippen molar-refractivity contribution in [3.63, 3.8) is 0 Å². The van der Waals surface area contributed by atoms with Crippen molar-refractivity contribution in [3.8, 4) is 0 Å². The molecular weight excluding hydrogens is 92.1 g/mol. The molecule has 1 unspecified atom stereocenters. The molecule has 0 aromatic heterocycles. The van der Waals surface area contributed by atoms with E-state index in [4.69, 9.17) is 9.47 Å². The van der Waals surface area contributed by atoms with E-state index in [0.29, 0.717) is 6.61 Å². The topological polar surface area (TPSA) is 21.8 Å². The highest BCUT2D eigenvalue weighted by Gasteiger charge is 2.41. The Morgan fingerprint density at radius 2 is 2.57 bits per heavy atom. The molecule has 0 bridgehead atoms. The summed E-state index contributed by atoms with van der Waals surface area (Å²) in [5.74, 6) is -0.403. The fraction of sp³-hybridized carbons (Fsp3) is 0.600. The van der Waals surface area contributed by atoms with Gasteiger partial charge >= 0.3 is 0 Å². The van der Waals surface area contributed by atoms with Gasteiger partial charge in [-0.05, 0) is 6.08 Å². The molecule has 0 saturated carbocycles. The van der Waals surface area contributed by atoms with E-state index in [0.717, 1.165) is 0 Å². The van der Waals surface area contributed by atoms with E-state index in [1.165, 1.54) is 0 Å². The lowest BCUT2D eigenvalue weighted by atomic mass is 10.4. The number of hydrogen-bond acceptors (Lipinski definition) is 2. The molecule has 0 radical (unpaired) electrons. The lowest BCUT2D eigenvalue weighted by molar-refractivity contribution is 0.0305. The van der Waals surface area contributed by atoms with Gasteiger partial charge in [0.05, 0.1) is 0 Å². The molecule has 1 aliphatic rings. The number of rotatable bonds is 2. The van der Waals surface area contributed by atoms with Gasteiger partial charge in [0, 0.05) is 7.11 Å². The number of hydrogen-bond donors (Lipinski definition) is 0. The van der Waals surface area contributed by atoms with E-state index in [9.17, 15) is 0 Å². The second-order valence-electron chi connectivity index (χ2n) is 1.51. The third-order valence-electron chi connectivity index (χ3n) is 1.09. The molecule has 1 atom stereocenters. The molecule has 1 heterocycles. The highest BCUT2D eigenvalue weighted by Crippen LogP contribution is 2.27. The van der Waals surface area contributed by atoms with Gasteiger partial charge in [-0.1, -0.05) is 6.58 Å². The van der Waals surface area contributed by atoms with Crippen LogP contribution in [-0.2, 0) is 9.47 Å². The Hall–Kier alpha value is -0.340. The fourth-order valence-electron chi connectivity index (χ4n) is 0.390. The summed E-state index contributed by atoms with van der Waals surface area (Å²) in [7, 11) is 1.61. The molecule has 1 rings (SSSR count). The smallest absolute Gasteiger partial charge is 0.211 e. The summed E-state index contributed by atoms with van der Waals surface area (Å²) < 4.78 is 9.71. The van der Waals surface area contributed by atoms with E-state index >= 15 is 0 Å². The van der Waals surface area contributed by atoms with Crippen LogP contribution in [0.3, 0.4) is 0 Å². The van der Waals surface area contributed by atoms with Crippen molar-refractivity contribution >= 4 is 0 Å². The summed E-state index contributed by atoms with van der Waals surface area (Å²) in [6.45, 7) is 4.18. The Bertz CT molecular complexity index is 84.1. The second kappa shape index (κ2) is 1.32. The van der Waals surface area contributed by atoms with Gasteiger partial charge in [-0.25, -0.2) is 0 Å². The number of methoxy groups -OCH3 is 1. The minimum Gasteiger partial charge on any atom is -0.348 e. The molecule has 2 nitrogen and oxygen atoms in total. The zero-order valence-electron chi connectivity index (χ0n) is 4.31. The molecule has 0 aromatic carbocycles. The van der Waals surface area contributed by atoms with Crippen LogP contribution in [0.1, 0.15) is 0 Å². The first kappa shape index (κ1) is 4.81. The maximum Gasteiger partial charge on any atom is 0.211 e. The van der Waals surface area contributed by atoms with Gasteiger partial charge in [-0.15, -0.1) is 0 Å². The SMILES string of the molecule is C=CC1(OC)CO1. The van der Waals surface area contributed by atoms with Crippen molar-refractivity contribution in [1.82, 2.24) is 0 Å². The molecular formula is C5H8O2. The summed E-state index contributed by atoms with van der Waals surface area (Å²) in [5, 5.41) is 0. The molecule has 7 heavy (non-hydrogen) atoms. The van der Waals surface area contributed by atoms with Crippen LogP contribution in [0.5, 0.6) is 0 Å².